The van der Waals surface area contributed by atoms with Gasteiger partial charge in [-0.25, -0.2) is 4.98 Å². The van der Waals surface area contributed by atoms with Crippen molar-refractivity contribution in [2.45, 2.75) is 71.3 Å². The van der Waals surface area contributed by atoms with Gasteiger partial charge in [0.1, 0.15) is 5.69 Å². The summed E-state index contributed by atoms with van der Waals surface area (Å²) in [6.07, 6.45) is 17.3. The van der Waals surface area contributed by atoms with Crippen LogP contribution in [-0.4, -0.2) is 10.8 Å². The minimum absolute atomic E-state index is 0.134. The number of benzene rings is 1. The Hall–Kier alpha value is -2.03. The van der Waals surface area contributed by atoms with Gasteiger partial charge in [-0.3, -0.25) is 4.79 Å². The number of Topliss-reactive ketones (excluding diaryl/α,β-unsaturated/α-hetero) is 1. The first kappa shape index (κ1) is 19.3. The molecule has 0 aliphatic carbocycles. The van der Waals surface area contributed by atoms with E-state index in [0.29, 0.717) is 6.54 Å². The first-order chi connectivity index (χ1) is 12.3. The van der Waals surface area contributed by atoms with Crippen LogP contribution < -0.4 is 4.57 Å². The SMILES string of the molecule is CCCCCCCCCCc1c[n+](CC(=O)c2ccccc2)ccn1. The van der Waals surface area contributed by atoms with Crippen LogP contribution in [0.4, 0.5) is 0 Å². The monoisotopic (exact) mass is 339 g/mol. The van der Waals surface area contributed by atoms with Gasteiger partial charge in [0, 0.05) is 5.56 Å². The third kappa shape index (κ3) is 7.59. The predicted octanol–water partition coefficient (Wildman–Crippen LogP) is 4.94. The van der Waals surface area contributed by atoms with Crippen LogP contribution in [0.25, 0.3) is 0 Å². The van der Waals surface area contributed by atoms with Crippen molar-refractivity contribution in [3.05, 3.63) is 60.2 Å². The van der Waals surface area contributed by atoms with Gasteiger partial charge in [-0.15, -0.1) is 0 Å². The van der Waals surface area contributed by atoms with Crippen molar-refractivity contribution in [1.82, 2.24) is 4.98 Å². The van der Waals surface area contributed by atoms with E-state index in [0.717, 1.165) is 17.7 Å². The van der Waals surface area contributed by atoms with Crippen molar-refractivity contribution in [3.8, 4) is 0 Å². The maximum absolute atomic E-state index is 12.3. The van der Waals surface area contributed by atoms with E-state index < -0.39 is 0 Å². The number of ketones is 1. The van der Waals surface area contributed by atoms with Gasteiger partial charge in [0.15, 0.2) is 12.4 Å². The van der Waals surface area contributed by atoms with Crippen molar-refractivity contribution in [1.29, 1.82) is 0 Å². The maximum atomic E-state index is 12.3. The molecule has 3 heteroatoms. The van der Waals surface area contributed by atoms with Gasteiger partial charge in [0.2, 0.25) is 12.3 Å². The third-order valence-electron chi connectivity index (χ3n) is 4.52. The Morgan fingerprint density at radius 1 is 0.960 bits per heavy atom. The number of hydrogen-bond acceptors (Lipinski definition) is 2. The lowest BCUT2D eigenvalue weighted by atomic mass is 10.1. The second-order valence-electron chi connectivity index (χ2n) is 6.73. The normalized spacial score (nSPS) is 10.8. The topological polar surface area (TPSA) is 33.8 Å². The summed E-state index contributed by atoms with van der Waals surface area (Å²) in [5.74, 6) is 0.134. The summed E-state index contributed by atoms with van der Waals surface area (Å²) < 4.78 is 1.95. The summed E-state index contributed by atoms with van der Waals surface area (Å²) in [4.78, 5) is 16.7. The highest BCUT2D eigenvalue weighted by Crippen LogP contribution is 2.10. The Morgan fingerprint density at radius 2 is 1.64 bits per heavy atom. The summed E-state index contributed by atoms with van der Waals surface area (Å²) in [5, 5.41) is 0. The molecule has 0 fully saturated rings. The van der Waals surface area contributed by atoms with Crippen molar-refractivity contribution in [3.63, 3.8) is 0 Å². The highest BCUT2D eigenvalue weighted by atomic mass is 16.1. The number of aromatic nitrogens is 2. The lowest BCUT2D eigenvalue weighted by molar-refractivity contribution is -0.684. The molecule has 25 heavy (non-hydrogen) atoms. The Morgan fingerprint density at radius 3 is 2.36 bits per heavy atom. The van der Waals surface area contributed by atoms with E-state index in [9.17, 15) is 4.79 Å². The number of carbonyl (C=O) groups excluding carboxylic acids is 1. The number of carbonyl (C=O) groups is 1. The molecule has 0 bridgehead atoms. The molecule has 0 spiro atoms. The van der Waals surface area contributed by atoms with Crippen LogP contribution in [0.1, 0.15) is 74.3 Å². The number of hydrogen-bond donors (Lipinski definition) is 0. The molecule has 0 aliphatic rings. The molecule has 0 amide bonds. The highest BCUT2D eigenvalue weighted by Gasteiger charge is 2.12. The molecule has 0 N–H and O–H groups in total. The first-order valence-electron chi connectivity index (χ1n) is 9.72. The van der Waals surface area contributed by atoms with Crippen LogP contribution in [-0.2, 0) is 13.0 Å². The predicted molar refractivity (Wildman–Crippen MR) is 102 cm³/mol. The quantitative estimate of drug-likeness (QED) is 0.312. The molecule has 1 aromatic carbocycles. The van der Waals surface area contributed by atoms with Crippen LogP contribution >= 0.6 is 0 Å². The van der Waals surface area contributed by atoms with E-state index in [1.807, 2.05) is 47.3 Å². The van der Waals surface area contributed by atoms with E-state index in [1.165, 1.54) is 51.4 Å². The first-order valence-corrected chi connectivity index (χ1v) is 9.72. The number of unbranched alkanes of at least 4 members (excludes halogenated alkanes) is 7. The van der Waals surface area contributed by atoms with Crippen LogP contribution in [0.2, 0.25) is 0 Å². The molecule has 0 saturated carbocycles. The Labute approximate surface area is 152 Å². The van der Waals surface area contributed by atoms with E-state index in [2.05, 4.69) is 11.9 Å². The van der Waals surface area contributed by atoms with Crippen LogP contribution in [0, 0.1) is 0 Å². The summed E-state index contributed by atoms with van der Waals surface area (Å²) in [7, 11) is 0. The summed E-state index contributed by atoms with van der Waals surface area (Å²) >= 11 is 0. The minimum atomic E-state index is 0.134. The van der Waals surface area contributed by atoms with Gasteiger partial charge in [0.05, 0.1) is 6.20 Å². The maximum Gasteiger partial charge on any atom is 0.227 e. The minimum Gasteiger partial charge on any atom is -0.287 e. The Bertz CT molecular complexity index is 625. The summed E-state index contributed by atoms with van der Waals surface area (Å²) in [5.41, 5.74) is 1.84. The summed E-state index contributed by atoms with van der Waals surface area (Å²) in [6, 6.07) is 9.46. The molecule has 1 heterocycles. The molecule has 0 saturated heterocycles. The van der Waals surface area contributed by atoms with Crippen LogP contribution in [0.15, 0.2) is 48.9 Å². The van der Waals surface area contributed by atoms with Crippen LogP contribution in [0.5, 0.6) is 0 Å². The molecule has 0 unspecified atom stereocenters. The molecule has 3 nitrogen and oxygen atoms in total. The standard InChI is InChI=1S/C22H31N2O/c1-2-3-4-5-6-7-8-12-15-21-18-24(17-16-23-21)19-22(25)20-13-10-9-11-14-20/h9-11,13-14,16-18H,2-8,12,15,19H2,1H3/q+1. The highest BCUT2D eigenvalue weighted by molar-refractivity contribution is 5.94. The smallest absolute Gasteiger partial charge is 0.227 e. The largest absolute Gasteiger partial charge is 0.287 e. The number of aryl methyl sites for hydroxylation is 1. The summed E-state index contributed by atoms with van der Waals surface area (Å²) in [6.45, 7) is 2.63. The zero-order chi connectivity index (χ0) is 17.7. The van der Waals surface area contributed by atoms with E-state index in [-0.39, 0.29) is 5.78 Å². The molecule has 0 radical (unpaired) electrons. The fourth-order valence-electron chi connectivity index (χ4n) is 3.03. The molecule has 1 aromatic heterocycles. The zero-order valence-corrected chi connectivity index (χ0v) is 15.5. The molecule has 134 valence electrons. The van der Waals surface area contributed by atoms with Gasteiger partial charge < -0.3 is 0 Å². The van der Waals surface area contributed by atoms with Crippen molar-refractivity contribution in [2.24, 2.45) is 0 Å². The molecule has 2 rings (SSSR count). The molecular weight excluding hydrogens is 308 g/mol. The van der Waals surface area contributed by atoms with Gasteiger partial charge in [-0.2, -0.15) is 4.57 Å². The van der Waals surface area contributed by atoms with Gasteiger partial charge >= 0.3 is 0 Å². The second-order valence-corrected chi connectivity index (χ2v) is 6.73. The van der Waals surface area contributed by atoms with Crippen molar-refractivity contribution >= 4 is 5.78 Å². The average Bonchev–Trinajstić information content (AvgIpc) is 2.65. The van der Waals surface area contributed by atoms with E-state index in [4.69, 9.17) is 0 Å². The Balaban J connectivity index is 1.71. The number of nitrogens with zero attached hydrogens (tertiary/aromatic N) is 2. The van der Waals surface area contributed by atoms with Crippen molar-refractivity contribution < 1.29 is 9.36 Å². The molecule has 0 aliphatic heterocycles. The van der Waals surface area contributed by atoms with Crippen molar-refractivity contribution in [2.75, 3.05) is 0 Å². The lowest BCUT2D eigenvalue weighted by Crippen LogP contribution is -2.38. The molecular formula is C22H31N2O+. The van der Waals surface area contributed by atoms with Gasteiger partial charge in [0.25, 0.3) is 0 Å². The van der Waals surface area contributed by atoms with E-state index >= 15 is 0 Å². The fourth-order valence-corrected chi connectivity index (χ4v) is 3.03. The third-order valence-corrected chi connectivity index (χ3v) is 4.52. The lowest BCUT2D eigenvalue weighted by Gasteiger charge is -2.02. The van der Waals surface area contributed by atoms with Gasteiger partial charge in [-0.1, -0.05) is 82.2 Å². The fraction of sp³-hybridized carbons (Fsp3) is 0.500. The average molecular weight is 340 g/mol. The van der Waals surface area contributed by atoms with E-state index in [1.54, 1.807) is 6.20 Å². The Kier molecular flexibility index (Phi) is 8.89. The second kappa shape index (κ2) is 11.5. The number of rotatable bonds is 12. The molecule has 2 aromatic rings. The van der Waals surface area contributed by atoms with Gasteiger partial charge in [-0.05, 0) is 12.8 Å². The zero-order valence-electron chi connectivity index (χ0n) is 15.5. The molecule has 0 atom stereocenters. The van der Waals surface area contributed by atoms with Crippen LogP contribution in [0.3, 0.4) is 0 Å².